The Morgan fingerprint density at radius 3 is 1.93 bits per heavy atom. The summed E-state index contributed by atoms with van der Waals surface area (Å²) in [5.74, 6) is 0.818. The Morgan fingerprint density at radius 1 is 0.733 bits per heavy atom. The van der Waals surface area contributed by atoms with Crippen molar-refractivity contribution < 1.29 is 0 Å². The smallest absolute Gasteiger partial charge is 0.0223 e. The van der Waals surface area contributed by atoms with Gasteiger partial charge in [-0.25, -0.2) is 0 Å². The summed E-state index contributed by atoms with van der Waals surface area (Å²) < 4.78 is 0. The lowest BCUT2D eigenvalue weighted by Gasteiger charge is -2.17. The number of hydrogen-bond acceptors (Lipinski definition) is 2. The fourth-order valence-corrected chi connectivity index (χ4v) is 1.79. The Hall–Kier alpha value is 0.210. The zero-order chi connectivity index (χ0) is 11.5. The molecule has 0 aliphatic rings. The number of halogens is 1. The van der Waals surface area contributed by atoms with Crippen LogP contribution in [0.2, 0.25) is 0 Å². The molecule has 0 saturated heterocycles. The first-order chi connectivity index (χ1) is 7.16. The first-order valence-corrected chi connectivity index (χ1v) is 6.59. The lowest BCUT2D eigenvalue weighted by atomic mass is 10.2. The van der Waals surface area contributed by atoms with E-state index in [4.69, 9.17) is 11.6 Å². The molecule has 0 radical (unpaired) electrons. The normalized spacial score (nSPS) is 11.6. The summed E-state index contributed by atoms with van der Waals surface area (Å²) in [6.07, 6.45) is 6.37. The molecule has 2 nitrogen and oxygen atoms in total. The molecule has 0 unspecified atom stereocenters. The molecular weight excluding hydrogens is 208 g/mol. The van der Waals surface area contributed by atoms with Gasteiger partial charge in [0.05, 0.1) is 0 Å². The van der Waals surface area contributed by atoms with Crippen LogP contribution in [-0.4, -0.2) is 56.5 Å². The van der Waals surface area contributed by atoms with Gasteiger partial charge < -0.3 is 9.80 Å². The summed E-state index contributed by atoms with van der Waals surface area (Å²) in [4.78, 5) is 4.68. The van der Waals surface area contributed by atoms with E-state index in [1.54, 1.807) is 0 Å². The molecule has 0 aliphatic carbocycles. The van der Waals surface area contributed by atoms with Crippen molar-refractivity contribution in [2.75, 3.05) is 46.7 Å². The second-order valence-corrected chi connectivity index (χ2v) is 4.94. The van der Waals surface area contributed by atoms with Crippen molar-refractivity contribution in [2.24, 2.45) is 0 Å². The van der Waals surface area contributed by atoms with Crippen molar-refractivity contribution in [1.82, 2.24) is 9.80 Å². The van der Waals surface area contributed by atoms with Crippen molar-refractivity contribution in [1.29, 1.82) is 0 Å². The van der Waals surface area contributed by atoms with E-state index in [1.807, 2.05) is 0 Å². The van der Waals surface area contributed by atoms with Gasteiger partial charge in [0.2, 0.25) is 0 Å². The first-order valence-electron chi connectivity index (χ1n) is 6.06. The minimum absolute atomic E-state index is 0.818. The number of hydrogen-bond donors (Lipinski definition) is 0. The third-order valence-corrected chi connectivity index (χ3v) is 2.84. The van der Waals surface area contributed by atoms with Crippen LogP contribution in [0.5, 0.6) is 0 Å². The van der Waals surface area contributed by atoms with E-state index < -0.39 is 0 Å². The van der Waals surface area contributed by atoms with Crippen molar-refractivity contribution in [2.45, 2.75) is 32.1 Å². The maximum absolute atomic E-state index is 5.63. The lowest BCUT2D eigenvalue weighted by molar-refractivity contribution is 0.294. The SMILES string of the molecule is CN(C)CCCN(C)CCCCCCCl. The zero-order valence-electron chi connectivity index (χ0n) is 10.6. The molecular formula is C12H27ClN2. The third-order valence-electron chi connectivity index (χ3n) is 2.57. The maximum Gasteiger partial charge on any atom is 0.0223 e. The summed E-state index contributed by atoms with van der Waals surface area (Å²) in [5, 5.41) is 0. The summed E-state index contributed by atoms with van der Waals surface area (Å²) in [6, 6.07) is 0. The molecule has 3 heteroatoms. The minimum atomic E-state index is 0.818. The van der Waals surface area contributed by atoms with E-state index in [0.29, 0.717) is 0 Å². The molecule has 0 N–H and O–H groups in total. The second-order valence-electron chi connectivity index (χ2n) is 4.56. The molecule has 0 heterocycles. The van der Waals surface area contributed by atoms with Crippen molar-refractivity contribution in [3.05, 3.63) is 0 Å². The fraction of sp³-hybridized carbons (Fsp3) is 1.00. The van der Waals surface area contributed by atoms with E-state index in [0.717, 1.165) is 5.88 Å². The van der Waals surface area contributed by atoms with E-state index in [2.05, 4.69) is 30.9 Å². The molecule has 0 atom stereocenters. The maximum atomic E-state index is 5.63. The standard InChI is InChI=1S/C12H27ClN2/c1-14(2)10-8-12-15(3)11-7-5-4-6-9-13/h4-12H2,1-3H3. The Morgan fingerprint density at radius 2 is 1.33 bits per heavy atom. The second kappa shape index (κ2) is 10.7. The van der Waals surface area contributed by atoms with Crippen LogP contribution in [0.15, 0.2) is 0 Å². The van der Waals surface area contributed by atoms with Crippen molar-refractivity contribution >= 4 is 11.6 Å². The summed E-state index contributed by atoms with van der Waals surface area (Å²) in [5.41, 5.74) is 0. The van der Waals surface area contributed by atoms with Gasteiger partial charge in [-0.1, -0.05) is 12.8 Å². The molecule has 0 amide bonds. The van der Waals surface area contributed by atoms with Crippen LogP contribution in [0.1, 0.15) is 32.1 Å². The van der Waals surface area contributed by atoms with Gasteiger partial charge in [0, 0.05) is 5.88 Å². The van der Waals surface area contributed by atoms with Crippen molar-refractivity contribution in [3.8, 4) is 0 Å². The van der Waals surface area contributed by atoms with Crippen LogP contribution in [0, 0.1) is 0 Å². The molecule has 0 aromatic rings. The molecule has 0 aromatic heterocycles. The summed E-state index contributed by atoms with van der Waals surface area (Å²) >= 11 is 5.63. The predicted molar refractivity (Wildman–Crippen MR) is 69.9 cm³/mol. The predicted octanol–water partition coefficient (Wildman–Crippen LogP) is 2.67. The van der Waals surface area contributed by atoms with Gasteiger partial charge in [-0.2, -0.15) is 0 Å². The molecule has 0 aromatic carbocycles. The van der Waals surface area contributed by atoms with Gasteiger partial charge in [0.25, 0.3) is 0 Å². The van der Waals surface area contributed by atoms with Gasteiger partial charge in [-0.15, -0.1) is 11.6 Å². The minimum Gasteiger partial charge on any atom is -0.309 e. The van der Waals surface area contributed by atoms with Crippen molar-refractivity contribution in [3.63, 3.8) is 0 Å². The molecule has 0 spiro atoms. The molecule has 15 heavy (non-hydrogen) atoms. The number of nitrogens with zero attached hydrogens (tertiary/aromatic N) is 2. The van der Waals surface area contributed by atoms with Crippen LogP contribution in [0.4, 0.5) is 0 Å². The van der Waals surface area contributed by atoms with Crippen LogP contribution < -0.4 is 0 Å². The Bertz CT molecular complexity index is 129. The molecule has 0 saturated carbocycles. The lowest BCUT2D eigenvalue weighted by Crippen LogP contribution is -2.24. The van der Waals surface area contributed by atoms with Crippen LogP contribution in [0.3, 0.4) is 0 Å². The zero-order valence-corrected chi connectivity index (χ0v) is 11.4. The van der Waals surface area contributed by atoms with Crippen LogP contribution >= 0.6 is 11.6 Å². The third kappa shape index (κ3) is 12.1. The quantitative estimate of drug-likeness (QED) is 0.424. The van der Waals surface area contributed by atoms with Gasteiger partial charge in [-0.05, 0) is 60.0 Å². The topological polar surface area (TPSA) is 6.48 Å². The highest BCUT2D eigenvalue weighted by atomic mass is 35.5. The Labute approximate surface area is 101 Å². The summed E-state index contributed by atoms with van der Waals surface area (Å²) in [6.45, 7) is 3.64. The number of alkyl halides is 1. The largest absolute Gasteiger partial charge is 0.309 e. The van der Waals surface area contributed by atoms with E-state index in [1.165, 1.54) is 51.7 Å². The highest BCUT2D eigenvalue weighted by Gasteiger charge is 1.98. The van der Waals surface area contributed by atoms with Crippen LogP contribution in [-0.2, 0) is 0 Å². The van der Waals surface area contributed by atoms with Gasteiger partial charge in [-0.3, -0.25) is 0 Å². The fourth-order valence-electron chi connectivity index (χ4n) is 1.60. The molecule has 92 valence electrons. The Kier molecular flexibility index (Phi) is 10.9. The molecule has 0 aliphatic heterocycles. The highest BCUT2D eigenvalue weighted by molar-refractivity contribution is 6.17. The van der Waals surface area contributed by atoms with E-state index in [-0.39, 0.29) is 0 Å². The van der Waals surface area contributed by atoms with E-state index in [9.17, 15) is 0 Å². The van der Waals surface area contributed by atoms with Gasteiger partial charge >= 0.3 is 0 Å². The average Bonchev–Trinajstić information content (AvgIpc) is 2.17. The number of unbranched alkanes of at least 4 members (excludes halogenated alkanes) is 3. The number of rotatable bonds is 10. The molecule has 0 fully saturated rings. The van der Waals surface area contributed by atoms with Crippen LogP contribution in [0.25, 0.3) is 0 Å². The summed E-state index contributed by atoms with van der Waals surface area (Å²) in [7, 11) is 6.48. The molecule has 0 bridgehead atoms. The Balaban J connectivity index is 3.15. The van der Waals surface area contributed by atoms with E-state index >= 15 is 0 Å². The highest BCUT2D eigenvalue weighted by Crippen LogP contribution is 2.02. The average molecular weight is 235 g/mol. The van der Waals surface area contributed by atoms with Gasteiger partial charge in [0.1, 0.15) is 0 Å². The van der Waals surface area contributed by atoms with Gasteiger partial charge in [0.15, 0.2) is 0 Å². The monoisotopic (exact) mass is 234 g/mol. The molecule has 0 rings (SSSR count). The first kappa shape index (κ1) is 15.2.